The molecule has 1 aliphatic rings. The lowest BCUT2D eigenvalue weighted by Gasteiger charge is -2.35. The first-order valence-electron chi connectivity index (χ1n) is 6.96. The summed E-state index contributed by atoms with van der Waals surface area (Å²) in [5.74, 6) is -0.326. The van der Waals surface area contributed by atoms with Crippen molar-refractivity contribution in [1.82, 2.24) is 10.2 Å². The highest BCUT2D eigenvalue weighted by atomic mass is 16.6. The zero-order valence-corrected chi connectivity index (χ0v) is 13.1. The number of methoxy groups -OCH3 is 1. The quantitative estimate of drug-likeness (QED) is 0.791. The van der Waals surface area contributed by atoms with E-state index >= 15 is 0 Å². The molecule has 2 atom stereocenters. The van der Waals surface area contributed by atoms with Gasteiger partial charge in [-0.3, -0.25) is 4.79 Å². The fourth-order valence-electron chi connectivity index (χ4n) is 2.35. The number of nitrogens with one attached hydrogen (secondary N) is 1. The third-order valence-corrected chi connectivity index (χ3v) is 3.37. The number of likely N-dealkylation sites (tertiary alicyclic amines) is 1. The number of esters is 1. The van der Waals surface area contributed by atoms with Gasteiger partial charge >= 0.3 is 12.1 Å². The van der Waals surface area contributed by atoms with Gasteiger partial charge < -0.3 is 19.7 Å². The maximum Gasteiger partial charge on any atom is 0.407 e. The molecule has 116 valence electrons. The molecule has 0 saturated carbocycles. The van der Waals surface area contributed by atoms with E-state index in [9.17, 15) is 9.59 Å². The Morgan fingerprint density at radius 1 is 1.35 bits per heavy atom. The number of ether oxygens (including phenoxy) is 2. The highest BCUT2D eigenvalue weighted by Gasteiger charge is 2.34. The van der Waals surface area contributed by atoms with E-state index in [0.717, 1.165) is 13.0 Å². The molecule has 0 spiro atoms. The summed E-state index contributed by atoms with van der Waals surface area (Å²) in [6.07, 6.45) is 0.409. The van der Waals surface area contributed by atoms with E-state index in [-0.39, 0.29) is 17.8 Å². The molecule has 1 saturated heterocycles. The fourth-order valence-corrected chi connectivity index (χ4v) is 2.35. The van der Waals surface area contributed by atoms with Crippen molar-refractivity contribution in [2.45, 2.75) is 32.8 Å². The Hall–Kier alpha value is -1.30. The largest absolute Gasteiger partial charge is 0.469 e. The summed E-state index contributed by atoms with van der Waals surface area (Å²) < 4.78 is 10.0. The van der Waals surface area contributed by atoms with E-state index in [4.69, 9.17) is 9.47 Å². The van der Waals surface area contributed by atoms with Gasteiger partial charge in [0.25, 0.3) is 0 Å². The standard InChI is InChI=1S/C14H26N2O4/c1-14(2,3)20-13(18)15-8-10-6-7-16(4)9-11(10)12(17)19-5/h10-11H,6-9H2,1-5H3,(H,15,18)/t10-,11+/m0/s1. The van der Waals surface area contributed by atoms with Gasteiger partial charge in [-0.25, -0.2) is 4.79 Å². The Morgan fingerprint density at radius 2 is 2.00 bits per heavy atom. The van der Waals surface area contributed by atoms with Gasteiger partial charge in [-0.2, -0.15) is 0 Å². The number of carbonyl (C=O) groups excluding carboxylic acids is 2. The molecule has 1 amide bonds. The number of alkyl carbamates (subject to hydrolysis) is 1. The maximum absolute atomic E-state index is 11.8. The van der Waals surface area contributed by atoms with E-state index < -0.39 is 11.7 Å². The zero-order valence-electron chi connectivity index (χ0n) is 13.1. The van der Waals surface area contributed by atoms with Gasteiger partial charge in [0.15, 0.2) is 0 Å². The molecule has 1 fully saturated rings. The molecule has 6 heteroatoms. The minimum absolute atomic E-state index is 0.0890. The van der Waals surface area contributed by atoms with E-state index in [0.29, 0.717) is 13.1 Å². The highest BCUT2D eigenvalue weighted by molar-refractivity contribution is 5.73. The molecule has 6 nitrogen and oxygen atoms in total. The summed E-state index contributed by atoms with van der Waals surface area (Å²) in [6.45, 7) is 7.46. The predicted octanol–water partition coefficient (Wildman–Crippen LogP) is 1.25. The van der Waals surface area contributed by atoms with Gasteiger partial charge in [0.2, 0.25) is 0 Å². The highest BCUT2D eigenvalue weighted by Crippen LogP contribution is 2.23. The second kappa shape index (κ2) is 6.92. The monoisotopic (exact) mass is 286 g/mol. The van der Waals surface area contributed by atoms with Crippen LogP contribution in [0.5, 0.6) is 0 Å². The van der Waals surface area contributed by atoms with E-state index in [1.54, 1.807) is 0 Å². The van der Waals surface area contributed by atoms with Crippen LogP contribution >= 0.6 is 0 Å². The molecular weight excluding hydrogens is 260 g/mol. The molecule has 0 radical (unpaired) electrons. The smallest absolute Gasteiger partial charge is 0.407 e. The van der Waals surface area contributed by atoms with Crippen LogP contribution < -0.4 is 5.32 Å². The Balaban J connectivity index is 2.51. The number of carbonyl (C=O) groups is 2. The minimum atomic E-state index is -0.515. The summed E-state index contributed by atoms with van der Waals surface area (Å²) >= 11 is 0. The summed E-state index contributed by atoms with van der Waals surface area (Å²) in [4.78, 5) is 25.6. The lowest BCUT2D eigenvalue weighted by Crippen LogP contribution is -2.47. The van der Waals surface area contributed by atoms with Crippen LogP contribution in [0.25, 0.3) is 0 Å². The predicted molar refractivity (Wildman–Crippen MR) is 75.3 cm³/mol. The average Bonchev–Trinajstić information content (AvgIpc) is 2.34. The summed E-state index contributed by atoms with van der Waals surface area (Å²) in [5, 5.41) is 2.75. The molecule has 1 aliphatic heterocycles. The number of rotatable bonds is 3. The van der Waals surface area contributed by atoms with Gasteiger partial charge in [-0.05, 0) is 46.7 Å². The maximum atomic E-state index is 11.8. The average molecular weight is 286 g/mol. The fraction of sp³-hybridized carbons (Fsp3) is 0.857. The van der Waals surface area contributed by atoms with Crippen LogP contribution in [0.1, 0.15) is 27.2 Å². The molecular formula is C14H26N2O4. The van der Waals surface area contributed by atoms with Crippen LogP contribution in [0.2, 0.25) is 0 Å². The Kier molecular flexibility index (Phi) is 5.80. The topological polar surface area (TPSA) is 67.9 Å². The first-order chi connectivity index (χ1) is 9.23. The first-order valence-corrected chi connectivity index (χ1v) is 6.96. The summed E-state index contributed by atoms with van der Waals surface area (Å²) in [7, 11) is 3.38. The molecule has 0 aromatic rings. The second-order valence-corrected chi connectivity index (χ2v) is 6.32. The van der Waals surface area contributed by atoms with Crippen molar-refractivity contribution in [1.29, 1.82) is 0 Å². The van der Waals surface area contributed by atoms with Crippen molar-refractivity contribution in [3.8, 4) is 0 Å². The zero-order chi connectivity index (χ0) is 15.3. The number of piperidine rings is 1. The van der Waals surface area contributed by atoms with Gasteiger partial charge in [0.05, 0.1) is 13.0 Å². The Morgan fingerprint density at radius 3 is 2.55 bits per heavy atom. The van der Waals surface area contributed by atoms with Crippen LogP contribution in [0.15, 0.2) is 0 Å². The number of hydrogen-bond acceptors (Lipinski definition) is 5. The Bertz CT molecular complexity index is 352. The molecule has 0 aromatic carbocycles. The molecule has 0 aliphatic carbocycles. The van der Waals surface area contributed by atoms with Crippen LogP contribution in [0.4, 0.5) is 4.79 Å². The molecule has 20 heavy (non-hydrogen) atoms. The van der Waals surface area contributed by atoms with Crippen LogP contribution in [-0.4, -0.2) is 56.4 Å². The van der Waals surface area contributed by atoms with Crippen molar-refractivity contribution >= 4 is 12.1 Å². The van der Waals surface area contributed by atoms with Gasteiger partial charge in [-0.1, -0.05) is 0 Å². The van der Waals surface area contributed by atoms with E-state index in [1.165, 1.54) is 7.11 Å². The van der Waals surface area contributed by atoms with Crippen molar-refractivity contribution < 1.29 is 19.1 Å². The van der Waals surface area contributed by atoms with E-state index in [1.807, 2.05) is 27.8 Å². The molecule has 0 aromatic heterocycles. The summed E-state index contributed by atoms with van der Waals surface area (Å²) in [5.41, 5.74) is -0.515. The van der Waals surface area contributed by atoms with Crippen LogP contribution in [0.3, 0.4) is 0 Å². The van der Waals surface area contributed by atoms with Crippen LogP contribution in [0, 0.1) is 11.8 Å². The van der Waals surface area contributed by atoms with Crippen molar-refractivity contribution in [3.05, 3.63) is 0 Å². The second-order valence-electron chi connectivity index (χ2n) is 6.32. The summed E-state index contributed by atoms with van der Waals surface area (Å²) in [6, 6.07) is 0. The SMILES string of the molecule is COC(=O)[C@@H]1CN(C)CC[C@H]1CNC(=O)OC(C)(C)C. The number of nitrogens with zero attached hydrogens (tertiary/aromatic N) is 1. The molecule has 1 N–H and O–H groups in total. The Labute approximate surface area is 120 Å². The van der Waals surface area contributed by atoms with E-state index in [2.05, 4.69) is 10.2 Å². The third-order valence-electron chi connectivity index (χ3n) is 3.37. The number of amides is 1. The van der Waals surface area contributed by atoms with Crippen molar-refractivity contribution in [2.75, 3.05) is 33.8 Å². The van der Waals surface area contributed by atoms with Crippen molar-refractivity contribution in [2.24, 2.45) is 11.8 Å². The normalized spacial score (nSPS) is 24.1. The van der Waals surface area contributed by atoms with Gasteiger partial charge in [0.1, 0.15) is 5.60 Å². The third kappa shape index (κ3) is 5.36. The van der Waals surface area contributed by atoms with Gasteiger partial charge in [0, 0.05) is 13.1 Å². The number of hydrogen-bond donors (Lipinski definition) is 1. The minimum Gasteiger partial charge on any atom is -0.469 e. The van der Waals surface area contributed by atoms with Crippen molar-refractivity contribution in [3.63, 3.8) is 0 Å². The van der Waals surface area contributed by atoms with Gasteiger partial charge in [-0.15, -0.1) is 0 Å². The molecule has 0 bridgehead atoms. The molecule has 0 unspecified atom stereocenters. The lowest BCUT2D eigenvalue weighted by molar-refractivity contribution is -0.149. The van der Waals surface area contributed by atoms with Crippen LogP contribution in [-0.2, 0) is 14.3 Å². The first kappa shape index (κ1) is 16.8. The molecule has 1 heterocycles. The lowest BCUT2D eigenvalue weighted by atomic mass is 9.85. The molecule has 1 rings (SSSR count).